The molecule has 0 N–H and O–H groups in total. The minimum Gasteiger partial charge on any atom is -0.494 e. The first-order chi connectivity index (χ1) is 8.04. The molecule has 5 nitrogen and oxygen atoms in total. The lowest BCUT2D eigenvalue weighted by atomic mass is 10.4. The predicted molar refractivity (Wildman–Crippen MR) is 63.2 cm³/mol. The Hall–Kier alpha value is -0.490. The van der Waals surface area contributed by atoms with Gasteiger partial charge < -0.3 is 9.47 Å². The normalized spacial score (nSPS) is 12.3. The van der Waals surface area contributed by atoms with Crippen LogP contribution in [0.5, 0.6) is 11.5 Å². The molecule has 0 unspecified atom stereocenters. The van der Waals surface area contributed by atoms with Gasteiger partial charge in [-0.05, 0) is 22.6 Å². The molecule has 0 spiro atoms. The number of aromatic nitrogens is 1. The van der Waals surface area contributed by atoms with Crippen LogP contribution in [0, 0.1) is 3.70 Å². The molecular weight excluding hydrogens is 413 g/mol. The van der Waals surface area contributed by atoms with E-state index in [0.717, 1.165) is 13.2 Å². The van der Waals surface area contributed by atoms with Gasteiger partial charge in [-0.3, -0.25) is 0 Å². The molecule has 18 heavy (non-hydrogen) atoms. The molecule has 0 aromatic carbocycles. The van der Waals surface area contributed by atoms with Gasteiger partial charge in [0.15, 0.2) is 11.5 Å². The maximum atomic E-state index is 12.1. The fraction of sp³-hybridized carbons (Fsp3) is 0.286. The Morgan fingerprint density at radius 1 is 1.39 bits per heavy atom. The van der Waals surface area contributed by atoms with E-state index in [9.17, 15) is 21.6 Å². The van der Waals surface area contributed by atoms with Crippen LogP contribution in [-0.2, 0) is 9.05 Å². The van der Waals surface area contributed by atoms with E-state index in [1.54, 1.807) is 0 Å². The SMILES string of the molecule is COc1cc(OC(F)(F)F)c(I)nc1S(=O)(=O)Cl. The first-order valence-electron chi connectivity index (χ1n) is 3.99. The molecule has 0 aliphatic carbocycles. The molecule has 1 aromatic heterocycles. The largest absolute Gasteiger partial charge is 0.573 e. The van der Waals surface area contributed by atoms with E-state index in [4.69, 9.17) is 10.7 Å². The summed E-state index contributed by atoms with van der Waals surface area (Å²) in [6.07, 6.45) is -4.92. The maximum Gasteiger partial charge on any atom is 0.573 e. The zero-order chi connectivity index (χ0) is 14.1. The summed E-state index contributed by atoms with van der Waals surface area (Å²) in [6, 6.07) is 0.748. The van der Waals surface area contributed by atoms with Crippen molar-refractivity contribution in [1.29, 1.82) is 0 Å². The number of hydrogen-bond acceptors (Lipinski definition) is 5. The highest BCUT2D eigenvalue weighted by Crippen LogP contribution is 2.34. The minimum atomic E-state index is -4.92. The van der Waals surface area contributed by atoms with E-state index >= 15 is 0 Å². The Kier molecular flexibility index (Phi) is 4.54. The van der Waals surface area contributed by atoms with Gasteiger partial charge in [0.2, 0.25) is 5.03 Å². The average Bonchev–Trinajstić information content (AvgIpc) is 2.17. The summed E-state index contributed by atoms with van der Waals surface area (Å²) in [5.74, 6) is -1.12. The topological polar surface area (TPSA) is 65.5 Å². The average molecular weight is 418 g/mol. The molecule has 102 valence electrons. The monoisotopic (exact) mass is 417 g/mol. The highest BCUT2D eigenvalue weighted by molar-refractivity contribution is 14.1. The van der Waals surface area contributed by atoms with Crippen molar-refractivity contribution in [2.24, 2.45) is 0 Å². The smallest absolute Gasteiger partial charge is 0.494 e. The first kappa shape index (κ1) is 15.6. The van der Waals surface area contributed by atoms with Gasteiger partial charge in [-0.15, -0.1) is 13.2 Å². The summed E-state index contributed by atoms with van der Waals surface area (Å²) in [5, 5.41) is -0.675. The van der Waals surface area contributed by atoms with Crippen LogP contribution in [0.2, 0.25) is 0 Å². The van der Waals surface area contributed by atoms with Crippen LogP contribution in [0.25, 0.3) is 0 Å². The summed E-state index contributed by atoms with van der Waals surface area (Å²) in [6.45, 7) is 0. The molecule has 0 atom stereocenters. The van der Waals surface area contributed by atoms with Crippen molar-refractivity contribution < 1.29 is 31.1 Å². The molecular formula is C7H4ClF3INO4S. The third kappa shape index (κ3) is 4.02. The van der Waals surface area contributed by atoms with Gasteiger partial charge in [-0.1, -0.05) is 0 Å². The van der Waals surface area contributed by atoms with Gasteiger partial charge in [0.05, 0.1) is 7.11 Å². The second-order valence-electron chi connectivity index (χ2n) is 2.77. The van der Waals surface area contributed by atoms with E-state index in [-0.39, 0.29) is 3.70 Å². The lowest BCUT2D eigenvalue weighted by molar-refractivity contribution is -0.275. The third-order valence-corrected chi connectivity index (χ3v) is 3.52. The number of pyridine rings is 1. The maximum absolute atomic E-state index is 12.1. The highest BCUT2D eigenvalue weighted by Gasteiger charge is 2.33. The molecule has 1 heterocycles. The van der Waals surface area contributed by atoms with Crippen LogP contribution in [-0.4, -0.2) is 26.9 Å². The fourth-order valence-electron chi connectivity index (χ4n) is 0.957. The molecule has 0 fully saturated rings. The van der Waals surface area contributed by atoms with Gasteiger partial charge in [0.25, 0.3) is 9.05 Å². The standard InChI is InChI=1S/C7H4ClF3INO4S/c1-16-4-2-3(17-7(9,10)11)5(12)13-6(4)18(8,14)15/h2H,1H3. The second kappa shape index (κ2) is 5.25. The molecule has 0 amide bonds. The molecule has 0 bridgehead atoms. The molecule has 1 rings (SSSR count). The third-order valence-electron chi connectivity index (χ3n) is 1.55. The number of ether oxygens (including phenoxy) is 2. The summed E-state index contributed by atoms with van der Waals surface area (Å²) < 4.78 is 66.3. The van der Waals surface area contributed by atoms with Crippen molar-refractivity contribution in [2.45, 2.75) is 11.4 Å². The van der Waals surface area contributed by atoms with Crippen molar-refractivity contribution in [2.75, 3.05) is 7.11 Å². The molecule has 0 aliphatic rings. The lowest BCUT2D eigenvalue weighted by Crippen LogP contribution is -2.18. The summed E-state index contributed by atoms with van der Waals surface area (Å²) in [5.41, 5.74) is 0. The Labute approximate surface area is 118 Å². The fourth-order valence-corrected chi connectivity index (χ4v) is 2.54. The van der Waals surface area contributed by atoms with E-state index in [2.05, 4.69) is 14.5 Å². The van der Waals surface area contributed by atoms with E-state index in [0.29, 0.717) is 0 Å². The van der Waals surface area contributed by atoms with Crippen LogP contribution in [0.4, 0.5) is 13.2 Å². The summed E-state index contributed by atoms with van der Waals surface area (Å²) in [4.78, 5) is 3.42. The number of alkyl halides is 3. The Bertz CT molecular complexity index is 563. The van der Waals surface area contributed by atoms with E-state index in [1.807, 2.05) is 0 Å². The second-order valence-corrected chi connectivity index (χ2v) is 6.27. The van der Waals surface area contributed by atoms with Crippen molar-refractivity contribution in [3.63, 3.8) is 0 Å². The minimum absolute atomic E-state index is 0.315. The van der Waals surface area contributed by atoms with Gasteiger partial charge in [0.1, 0.15) is 3.70 Å². The lowest BCUT2D eigenvalue weighted by Gasteiger charge is -2.12. The zero-order valence-corrected chi connectivity index (χ0v) is 12.2. The Balaban J connectivity index is 3.36. The number of rotatable bonds is 3. The number of nitrogens with zero attached hydrogens (tertiary/aromatic N) is 1. The van der Waals surface area contributed by atoms with Crippen molar-refractivity contribution in [1.82, 2.24) is 4.98 Å². The molecule has 0 aliphatic heterocycles. The van der Waals surface area contributed by atoms with E-state index in [1.165, 1.54) is 22.6 Å². The van der Waals surface area contributed by atoms with Crippen LogP contribution >= 0.6 is 33.3 Å². The van der Waals surface area contributed by atoms with Crippen LogP contribution in [0.15, 0.2) is 11.1 Å². The molecule has 11 heteroatoms. The first-order valence-corrected chi connectivity index (χ1v) is 7.38. The molecule has 0 saturated heterocycles. The molecule has 0 radical (unpaired) electrons. The highest BCUT2D eigenvalue weighted by atomic mass is 127. The number of halogens is 5. The predicted octanol–water partition coefficient (Wildman–Crippen LogP) is 2.52. The van der Waals surface area contributed by atoms with Gasteiger partial charge >= 0.3 is 6.36 Å². The molecule has 0 saturated carbocycles. The Morgan fingerprint density at radius 3 is 2.33 bits per heavy atom. The van der Waals surface area contributed by atoms with Crippen LogP contribution in [0.3, 0.4) is 0 Å². The zero-order valence-electron chi connectivity index (χ0n) is 8.46. The quantitative estimate of drug-likeness (QED) is 0.430. The number of hydrogen-bond donors (Lipinski definition) is 0. The Morgan fingerprint density at radius 2 is 1.94 bits per heavy atom. The van der Waals surface area contributed by atoms with Crippen molar-refractivity contribution in [3.8, 4) is 11.5 Å². The number of methoxy groups -OCH3 is 1. The van der Waals surface area contributed by atoms with Crippen molar-refractivity contribution in [3.05, 3.63) is 9.77 Å². The van der Waals surface area contributed by atoms with Gasteiger partial charge in [-0.25, -0.2) is 13.4 Å². The van der Waals surface area contributed by atoms with Crippen LogP contribution < -0.4 is 9.47 Å². The summed E-state index contributed by atoms with van der Waals surface area (Å²) in [7, 11) is 1.89. The van der Waals surface area contributed by atoms with Gasteiger partial charge in [0, 0.05) is 16.7 Å². The van der Waals surface area contributed by atoms with Gasteiger partial charge in [-0.2, -0.15) is 0 Å². The van der Waals surface area contributed by atoms with E-state index < -0.39 is 31.9 Å². The van der Waals surface area contributed by atoms with Crippen LogP contribution in [0.1, 0.15) is 0 Å². The molecule has 1 aromatic rings. The summed E-state index contributed by atoms with van der Waals surface area (Å²) >= 11 is 1.38. The van der Waals surface area contributed by atoms with Crippen molar-refractivity contribution >= 4 is 42.3 Å².